The topological polar surface area (TPSA) is 54.9 Å². The van der Waals surface area contributed by atoms with Crippen molar-refractivity contribution >= 4 is 35.0 Å². The van der Waals surface area contributed by atoms with Crippen molar-refractivity contribution in [2.75, 3.05) is 11.1 Å². The summed E-state index contributed by atoms with van der Waals surface area (Å²) in [5.74, 6) is -0.497. The van der Waals surface area contributed by atoms with Gasteiger partial charge in [-0.2, -0.15) is 13.2 Å². The molecule has 0 aliphatic carbocycles. The monoisotopic (exact) mass is 437 g/mol. The molecule has 1 aromatic heterocycles. The van der Waals surface area contributed by atoms with E-state index in [2.05, 4.69) is 15.3 Å². The van der Waals surface area contributed by atoms with Crippen LogP contribution in [0.15, 0.2) is 59.8 Å². The van der Waals surface area contributed by atoms with Gasteiger partial charge in [0.15, 0.2) is 5.16 Å². The molecule has 0 atom stereocenters. The minimum Gasteiger partial charge on any atom is -0.325 e. The van der Waals surface area contributed by atoms with Gasteiger partial charge >= 0.3 is 6.18 Å². The number of anilines is 1. The predicted octanol–water partition coefficient (Wildman–Crippen LogP) is 5.86. The van der Waals surface area contributed by atoms with E-state index in [4.69, 9.17) is 11.6 Å². The molecule has 9 heteroatoms. The second-order valence-electron chi connectivity index (χ2n) is 6.13. The molecule has 3 rings (SSSR count). The first kappa shape index (κ1) is 21.1. The molecule has 0 saturated heterocycles. The smallest absolute Gasteiger partial charge is 0.325 e. The number of rotatable bonds is 5. The number of nitrogens with one attached hydrogen (secondary N) is 1. The molecule has 1 heterocycles. The highest BCUT2D eigenvalue weighted by Crippen LogP contribution is 2.32. The van der Waals surface area contributed by atoms with Crippen molar-refractivity contribution in [2.45, 2.75) is 18.3 Å². The Balaban J connectivity index is 1.78. The van der Waals surface area contributed by atoms with Crippen LogP contribution in [-0.4, -0.2) is 21.6 Å². The molecule has 0 bridgehead atoms. The minimum absolute atomic E-state index is 0.102. The van der Waals surface area contributed by atoms with E-state index in [1.165, 1.54) is 0 Å². The second kappa shape index (κ2) is 8.84. The lowest BCUT2D eigenvalue weighted by Gasteiger charge is -2.11. The van der Waals surface area contributed by atoms with Gasteiger partial charge in [0.1, 0.15) is 5.69 Å². The maximum atomic E-state index is 13.2. The Morgan fingerprint density at radius 3 is 2.34 bits per heavy atom. The third-order valence-corrected chi connectivity index (χ3v) is 4.90. The molecule has 0 spiro atoms. The highest BCUT2D eigenvalue weighted by molar-refractivity contribution is 7.99. The Hall–Kier alpha value is -2.58. The van der Waals surface area contributed by atoms with Crippen LogP contribution in [0.4, 0.5) is 18.9 Å². The zero-order valence-electron chi connectivity index (χ0n) is 15.1. The number of benzene rings is 2. The fourth-order valence-corrected chi connectivity index (χ4v) is 3.15. The number of aryl methyl sites for hydroxylation is 1. The molecule has 150 valence electrons. The van der Waals surface area contributed by atoms with Crippen LogP contribution >= 0.6 is 23.4 Å². The number of halogens is 4. The number of amides is 1. The average Bonchev–Trinajstić information content (AvgIpc) is 2.68. The minimum atomic E-state index is -4.64. The van der Waals surface area contributed by atoms with E-state index in [1.54, 1.807) is 36.4 Å². The van der Waals surface area contributed by atoms with E-state index in [1.807, 2.05) is 19.1 Å². The van der Waals surface area contributed by atoms with E-state index in [0.717, 1.165) is 23.4 Å². The second-order valence-corrected chi connectivity index (χ2v) is 7.51. The van der Waals surface area contributed by atoms with Gasteiger partial charge in [0.2, 0.25) is 5.91 Å². The molecule has 0 aliphatic rings. The third kappa shape index (κ3) is 5.95. The highest BCUT2D eigenvalue weighted by Gasteiger charge is 2.34. The molecule has 0 fully saturated rings. The van der Waals surface area contributed by atoms with Gasteiger partial charge in [-0.05, 0) is 37.3 Å². The Bertz CT molecular complexity index is 1010. The van der Waals surface area contributed by atoms with Crippen LogP contribution in [0, 0.1) is 6.92 Å². The highest BCUT2D eigenvalue weighted by atomic mass is 35.5. The number of hydrogen-bond acceptors (Lipinski definition) is 4. The molecular formula is C20H15ClF3N3OS. The lowest BCUT2D eigenvalue weighted by atomic mass is 10.1. The van der Waals surface area contributed by atoms with Crippen molar-refractivity contribution in [3.05, 3.63) is 70.9 Å². The summed E-state index contributed by atoms with van der Waals surface area (Å²) in [6.07, 6.45) is -4.64. The summed E-state index contributed by atoms with van der Waals surface area (Å²) in [5.41, 5.74) is 1.15. The first-order valence-electron chi connectivity index (χ1n) is 8.42. The van der Waals surface area contributed by atoms with E-state index in [0.29, 0.717) is 16.3 Å². The number of carbonyl (C=O) groups is 1. The predicted molar refractivity (Wildman–Crippen MR) is 108 cm³/mol. The molecule has 2 aromatic carbocycles. The first-order valence-corrected chi connectivity index (χ1v) is 9.78. The molecule has 3 aromatic rings. The summed E-state index contributed by atoms with van der Waals surface area (Å²) in [6, 6.07) is 14.3. The normalized spacial score (nSPS) is 11.3. The maximum absolute atomic E-state index is 13.2. The van der Waals surface area contributed by atoms with Crippen LogP contribution < -0.4 is 5.32 Å². The number of alkyl halides is 3. The van der Waals surface area contributed by atoms with Crippen molar-refractivity contribution in [1.29, 1.82) is 0 Å². The molecule has 0 aliphatic heterocycles. The average molecular weight is 438 g/mol. The van der Waals surface area contributed by atoms with Gasteiger partial charge in [0.05, 0.1) is 11.4 Å². The van der Waals surface area contributed by atoms with Gasteiger partial charge in [0, 0.05) is 16.3 Å². The van der Waals surface area contributed by atoms with Gasteiger partial charge in [-0.25, -0.2) is 9.97 Å². The number of nitrogens with zero attached hydrogens (tertiary/aromatic N) is 2. The van der Waals surface area contributed by atoms with Crippen LogP contribution in [0.25, 0.3) is 11.3 Å². The van der Waals surface area contributed by atoms with Crippen LogP contribution in [0.2, 0.25) is 5.02 Å². The first-order chi connectivity index (χ1) is 13.7. The van der Waals surface area contributed by atoms with Crippen LogP contribution in [0.1, 0.15) is 11.3 Å². The SMILES string of the molecule is Cc1ccc(NC(=O)CSc2nc(-c3ccc(Cl)cc3)cc(C(F)(F)F)n2)cc1. The van der Waals surface area contributed by atoms with Crippen molar-refractivity contribution in [2.24, 2.45) is 0 Å². The van der Waals surface area contributed by atoms with Gasteiger partial charge in [-0.1, -0.05) is 53.2 Å². The molecule has 0 radical (unpaired) electrons. The molecular weight excluding hydrogens is 423 g/mol. The molecule has 1 amide bonds. The molecule has 1 N–H and O–H groups in total. The Morgan fingerprint density at radius 1 is 1.07 bits per heavy atom. The summed E-state index contributed by atoms with van der Waals surface area (Å²) in [4.78, 5) is 19.8. The van der Waals surface area contributed by atoms with E-state index >= 15 is 0 Å². The van der Waals surface area contributed by atoms with E-state index in [9.17, 15) is 18.0 Å². The van der Waals surface area contributed by atoms with Crippen molar-refractivity contribution in [3.8, 4) is 11.3 Å². The van der Waals surface area contributed by atoms with E-state index < -0.39 is 11.9 Å². The van der Waals surface area contributed by atoms with Gasteiger partial charge in [-0.15, -0.1) is 0 Å². The zero-order valence-corrected chi connectivity index (χ0v) is 16.7. The summed E-state index contributed by atoms with van der Waals surface area (Å²) >= 11 is 6.67. The molecule has 29 heavy (non-hydrogen) atoms. The van der Waals surface area contributed by atoms with E-state index in [-0.39, 0.29) is 22.5 Å². The molecule has 0 saturated carbocycles. The lowest BCUT2D eigenvalue weighted by Crippen LogP contribution is -2.15. The zero-order chi connectivity index (χ0) is 21.0. The lowest BCUT2D eigenvalue weighted by molar-refractivity contribution is -0.141. The quantitative estimate of drug-likeness (QED) is 0.401. The molecule has 4 nitrogen and oxygen atoms in total. The van der Waals surface area contributed by atoms with Gasteiger partial charge in [0.25, 0.3) is 0 Å². The van der Waals surface area contributed by atoms with Crippen molar-refractivity contribution in [3.63, 3.8) is 0 Å². The maximum Gasteiger partial charge on any atom is 0.433 e. The summed E-state index contributed by atoms with van der Waals surface area (Å²) in [7, 11) is 0. The van der Waals surface area contributed by atoms with Crippen LogP contribution in [0.3, 0.4) is 0 Å². The Labute approximate surface area is 174 Å². The Kier molecular flexibility index (Phi) is 6.44. The number of hydrogen-bond donors (Lipinski definition) is 1. The Morgan fingerprint density at radius 2 is 1.72 bits per heavy atom. The third-order valence-electron chi connectivity index (χ3n) is 3.80. The summed E-state index contributed by atoms with van der Waals surface area (Å²) in [6.45, 7) is 1.92. The standard InChI is InChI=1S/C20H15ClF3N3OS/c1-12-2-8-15(9-3-12)25-18(28)11-29-19-26-16(10-17(27-19)20(22,23)24)13-4-6-14(21)7-5-13/h2-10H,11H2,1H3,(H,25,28). The number of thioether (sulfide) groups is 1. The van der Waals surface area contributed by atoms with Gasteiger partial charge < -0.3 is 5.32 Å². The fraction of sp³-hybridized carbons (Fsp3) is 0.150. The van der Waals surface area contributed by atoms with Crippen molar-refractivity contribution in [1.82, 2.24) is 9.97 Å². The van der Waals surface area contributed by atoms with Crippen LogP contribution in [-0.2, 0) is 11.0 Å². The van der Waals surface area contributed by atoms with Crippen molar-refractivity contribution < 1.29 is 18.0 Å². The largest absolute Gasteiger partial charge is 0.433 e. The number of carbonyl (C=O) groups excluding carboxylic acids is 1. The fourth-order valence-electron chi connectivity index (χ4n) is 2.37. The van der Waals surface area contributed by atoms with Gasteiger partial charge in [-0.3, -0.25) is 4.79 Å². The van der Waals surface area contributed by atoms with Crippen LogP contribution in [0.5, 0.6) is 0 Å². The number of aromatic nitrogens is 2. The summed E-state index contributed by atoms with van der Waals surface area (Å²) in [5, 5.41) is 3.01. The summed E-state index contributed by atoms with van der Waals surface area (Å²) < 4.78 is 39.7. The molecule has 0 unspecified atom stereocenters.